The Bertz CT molecular complexity index is 1350. The summed E-state index contributed by atoms with van der Waals surface area (Å²) in [6.07, 6.45) is -1.50. The van der Waals surface area contributed by atoms with Gasteiger partial charge in [-0.1, -0.05) is 11.8 Å². The number of aliphatic hydroxyl groups is 1. The quantitative estimate of drug-likeness (QED) is 0.0887. The Kier molecular flexibility index (Phi) is 9.09. The maximum Gasteiger partial charge on any atom is 0.352 e. The second-order valence-electron chi connectivity index (χ2n) is 9.41. The van der Waals surface area contributed by atoms with Gasteiger partial charge in [0.1, 0.15) is 17.1 Å². The number of β-lactam (4-membered cyclic amide) rings is 1. The molecule has 3 aliphatic rings. The van der Waals surface area contributed by atoms with E-state index in [-0.39, 0.29) is 36.8 Å². The number of methoxy groups -OCH3 is 1. The number of hydrogen-bond acceptors (Lipinski definition) is 13. The number of aromatic nitrogens is 4. The van der Waals surface area contributed by atoms with Gasteiger partial charge in [0.15, 0.2) is 0 Å². The van der Waals surface area contributed by atoms with Gasteiger partial charge in [-0.3, -0.25) is 29.0 Å². The van der Waals surface area contributed by atoms with E-state index in [1.165, 1.54) is 28.3 Å². The van der Waals surface area contributed by atoms with Crippen LogP contribution < -0.4 is 10.6 Å². The molecule has 0 saturated carbocycles. The third kappa shape index (κ3) is 5.41. The Morgan fingerprint density at radius 3 is 2.52 bits per heavy atom. The third-order valence-corrected chi connectivity index (χ3v) is 9.35. The van der Waals surface area contributed by atoms with E-state index in [0.29, 0.717) is 15.6 Å². The number of nitrogens with one attached hydrogen (secondary N) is 2. The van der Waals surface area contributed by atoms with Gasteiger partial charge in [0, 0.05) is 45.3 Å². The van der Waals surface area contributed by atoms with Gasteiger partial charge in [-0.15, -0.1) is 16.9 Å². The highest BCUT2D eigenvalue weighted by Gasteiger charge is 2.67. The average Bonchev–Trinajstić information content (AvgIpc) is 3.37. The van der Waals surface area contributed by atoms with E-state index in [0.717, 1.165) is 23.8 Å². The number of thioether (sulfide) groups is 2. The first-order valence-corrected chi connectivity index (χ1v) is 14.6. The van der Waals surface area contributed by atoms with Crippen LogP contribution in [-0.4, -0.2) is 142 Å². The molecule has 18 nitrogen and oxygen atoms in total. The van der Waals surface area contributed by atoms with E-state index in [1.54, 1.807) is 14.0 Å². The number of aryl methyl sites for hydroxylation is 1. The highest BCUT2D eigenvalue weighted by atomic mass is 32.2. The van der Waals surface area contributed by atoms with Gasteiger partial charge < -0.3 is 30.5 Å². The molecule has 1 aromatic heterocycles. The van der Waals surface area contributed by atoms with Gasteiger partial charge in [0.05, 0.1) is 6.10 Å². The molecule has 20 heteroatoms. The third-order valence-electron chi connectivity index (χ3n) is 6.88. The molecule has 228 valence electrons. The molecule has 0 spiro atoms. The minimum Gasteiger partial charge on any atom is -0.477 e. The number of carbonyl (C=O) groups excluding carboxylic acids is 5. The van der Waals surface area contributed by atoms with Crippen molar-refractivity contribution in [1.29, 1.82) is 0 Å². The molecular formula is C22H29N9O9S2. The normalized spacial score (nSPS) is 23.8. The zero-order valence-electron chi connectivity index (χ0n) is 23.0. The fraction of sp³-hybridized carbons (Fsp3) is 0.591. The summed E-state index contributed by atoms with van der Waals surface area (Å²) in [7, 11) is 2.78. The van der Waals surface area contributed by atoms with Crippen molar-refractivity contribution in [3.05, 3.63) is 11.3 Å². The van der Waals surface area contributed by atoms with Crippen LogP contribution in [0, 0.1) is 0 Å². The van der Waals surface area contributed by atoms with E-state index < -0.39 is 58.9 Å². The summed E-state index contributed by atoms with van der Waals surface area (Å²) in [5.74, 6) is -4.87. The fourth-order valence-electron chi connectivity index (χ4n) is 4.60. The van der Waals surface area contributed by atoms with E-state index in [2.05, 4.69) is 26.2 Å². The van der Waals surface area contributed by atoms with Crippen LogP contribution in [0.4, 0.5) is 4.79 Å². The largest absolute Gasteiger partial charge is 0.477 e. The number of ether oxygens (including phenoxy) is 1. The number of carboxylic acid groups (broad SMARTS) is 1. The number of aliphatic hydroxyl groups excluding tert-OH is 1. The first-order chi connectivity index (χ1) is 19.9. The number of urea groups is 1. The van der Waals surface area contributed by atoms with E-state index in [1.807, 2.05) is 0 Å². The smallest absolute Gasteiger partial charge is 0.352 e. The minimum absolute atomic E-state index is 0.103. The van der Waals surface area contributed by atoms with Gasteiger partial charge in [-0.25, -0.2) is 14.3 Å². The van der Waals surface area contributed by atoms with Gasteiger partial charge in [-0.2, -0.15) is 0 Å². The number of imide groups is 1. The molecule has 0 aromatic carbocycles. The number of nitrogens with zero attached hydrogens (tertiary/aromatic N) is 7. The Hall–Kier alpha value is -3.75. The van der Waals surface area contributed by atoms with Gasteiger partial charge in [0.2, 0.25) is 11.1 Å². The lowest BCUT2D eigenvalue weighted by Gasteiger charge is -2.56. The molecule has 0 aliphatic carbocycles. The molecule has 42 heavy (non-hydrogen) atoms. The molecule has 4 heterocycles. The lowest BCUT2D eigenvalue weighted by atomic mass is 9.97. The molecule has 3 aliphatic heterocycles. The maximum atomic E-state index is 13.4. The van der Waals surface area contributed by atoms with Crippen LogP contribution in [0.1, 0.15) is 13.8 Å². The molecule has 0 bridgehead atoms. The monoisotopic (exact) mass is 627 g/mol. The van der Waals surface area contributed by atoms with Crippen LogP contribution >= 0.6 is 23.5 Å². The van der Waals surface area contributed by atoms with Gasteiger partial charge in [-0.05, 0) is 29.8 Å². The Balaban J connectivity index is 1.49. The van der Waals surface area contributed by atoms with Crippen molar-refractivity contribution in [3.63, 3.8) is 0 Å². The molecule has 6 amide bonds. The molecule has 0 radical (unpaired) electrons. The lowest BCUT2D eigenvalue weighted by molar-refractivity contribution is -0.193. The number of rotatable bonds is 10. The Labute approximate surface area is 247 Å². The zero-order chi connectivity index (χ0) is 30.9. The first kappa shape index (κ1) is 31.2. The van der Waals surface area contributed by atoms with Crippen molar-refractivity contribution in [2.45, 2.75) is 42.2 Å². The van der Waals surface area contributed by atoms with E-state index in [4.69, 9.17) is 4.74 Å². The van der Waals surface area contributed by atoms with Crippen LogP contribution in [0.15, 0.2) is 16.4 Å². The molecule has 4 rings (SSSR count). The van der Waals surface area contributed by atoms with E-state index in [9.17, 15) is 39.0 Å². The Morgan fingerprint density at radius 2 is 1.95 bits per heavy atom. The summed E-state index contributed by atoms with van der Waals surface area (Å²) < 4.78 is 6.84. The second kappa shape index (κ2) is 12.2. The minimum atomic E-state index is -2.01. The average molecular weight is 628 g/mol. The summed E-state index contributed by atoms with van der Waals surface area (Å²) in [5.41, 5.74) is -1.84. The predicted octanol–water partition coefficient (Wildman–Crippen LogP) is -2.84. The number of carboxylic acids is 1. The highest BCUT2D eigenvalue weighted by molar-refractivity contribution is 8.01. The van der Waals surface area contributed by atoms with Gasteiger partial charge >= 0.3 is 23.8 Å². The van der Waals surface area contributed by atoms with Crippen LogP contribution in [0.25, 0.3) is 0 Å². The lowest BCUT2D eigenvalue weighted by Crippen LogP contribution is -2.81. The molecule has 4 N–H and O–H groups in total. The summed E-state index contributed by atoms with van der Waals surface area (Å²) in [5, 5.41) is 35.5. The van der Waals surface area contributed by atoms with Gasteiger partial charge in [0.25, 0.3) is 11.6 Å². The summed E-state index contributed by atoms with van der Waals surface area (Å²) in [6, 6.07) is -2.74. The first-order valence-electron chi connectivity index (χ1n) is 12.6. The van der Waals surface area contributed by atoms with Crippen molar-refractivity contribution in [2.75, 3.05) is 38.2 Å². The number of likely N-dealkylation sites (N-methyl/N-ethyl adjacent to an activating group) is 1. The number of aliphatic carboxylic acids is 1. The highest BCUT2D eigenvalue weighted by Crippen LogP contribution is 2.47. The summed E-state index contributed by atoms with van der Waals surface area (Å²) in [4.78, 5) is 79.3. The standard InChI is InChI=1S/C22H29N9O9S2/c1-5-29-6-7-30(16(35)15(29)34)20(39)23-12(10(2)32)14(33)24-22(40-4)18(38)31-13(17(36)37)11(8-41-19(22)31)9-42-21-25-26-27-28(21)3/h10,12,19,32H,5-9H2,1-4H3,(H,23,39)(H,24,33)(H,36,37)/t10-,12+,19+,22-/m1/s1. The molecule has 1 aromatic rings. The number of carbonyl (C=O) groups is 6. The van der Waals surface area contributed by atoms with Crippen LogP contribution in [0.2, 0.25) is 0 Å². The predicted molar refractivity (Wildman–Crippen MR) is 143 cm³/mol. The fourth-order valence-corrected chi connectivity index (χ4v) is 7.02. The zero-order valence-corrected chi connectivity index (χ0v) is 24.6. The number of fused-ring (bicyclic) bond motifs is 1. The topological polar surface area (TPSA) is 229 Å². The summed E-state index contributed by atoms with van der Waals surface area (Å²) >= 11 is 2.33. The van der Waals surface area contributed by atoms with Crippen molar-refractivity contribution in [1.82, 2.24) is 45.5 Å². The number of piperazine rings is 1. The van der Waals surface area contributed by atoms with Crippen LogP contribution in [0.5, 0.6) is 0 Å². The second-order valence-corrected chi connectivity index (χ2v) is 11.4. The van der Waals surface area contributed by atoms with Crippen molar-refractivity contribution in [2.24, 2.45) is 7.05 Å². The number of tetrazole rings is 1. The van der Waals surface area contributed by atoms with Crippen LogP contribution in [-0.2, 0) is 35.8 Å². The summed E-state index contributed by atoms with van der Waals surface area (Å²) in [6.45, 7) is 3.15. The molecule has 2 fully saturated rings. The Morgan fingerprint density at radius 1 is 1.24 bits per heavy atom. The van der Waals surface area contributed by atoms with Crippen molar-refractivity contribution in [3.8, 4) is 0 Å². The maximum absolute atomic E-state index is 13.4. The number of hydrogen-bond donors (Lipinski definition) is 4. The SMILES string of the molecule is CCN1CCN(C(=O)N[C@H](C(=O)N[C@@]2(OC)C(=O)N3C(C(=O)O)=C(CSc4nnnn4C)CS[C@H]32)[C@@H](C)O)C(=O)C1=O. The van der Waals surface area contributed by atoms with Crippen molar-refractivity contribution >= 4 is 59.2 Å². The number of amides is 6. The molecule has 4 atom stereocenters. The molecule has 0 unspecified atom stereocenters. The molecular weight excluding hydrogens is 598 g/mol. The molecule has 2 saturated heterocycles. The van der Waals surface area contributed by atoms with Crippen molar-refractivity contribution < 1.29 is 43.7 Å². The van der Waals surface area contributed by atoms with Crippen LogP contribution in [0.3, 0.4) is 0 Å². The van der Waals surface area contributed by atoms with E-state index >= 15 is 0 Å².